The van der Waals surface area contributed by atoms with Gasteiger partial charge in [-0.05, 0) is 22.0 Å². The average molecular weight is 290 g/mol. The molecule has 0 amide bonds. The quantitative estimate of drug-likeness (QED) is 0.636. The number of nitriles is 1. The Morgan fingerprint density at radius 3 is 2.80 bits per heavy atom. The number of nitrogen functional groups attached to an aromatic ring is 1. The number of halogens is 2. The van der Waals surface area contributed by atoms with Crippen molar-refractivity contribution in [2.45, 2.75) is 0 Å². The molecule has 0 unspecified atom stereocenters. The van der Waals surface area contributed by atoms with Crippen molar-refractivity contribution in [2.75, 3.05) is 12.8 Å². The molecule has 0 fully saturated rings. The van der Waals surface area contributed by atoms with E-state index in [9.17, 15) is 4.79 Å². The molecule has 15 heavy (non-hydrogen) atoms. The summed E-state index contributed by atoms with van der Waals surface area (Å²) in [6.07, 6.45) is 0. The number of benzene rings is 1. The first-order valence-corrected chi connectivity index (χ1v) is 4.96. The summed E-state index contributed by atoms with van der Waals surface area (Å²) in [5.74, 6) is -0.600. The van der Waals surface area contributed by atoms with Gasteiger partial charge in [0.05, 0.1) is 28.9 Å². The molecule has 0 aliphatic carbocycles. The molecule has 2 N–H and O–H groups in total. The zero-order chi connectivity index (χ0) is 11.6. The summed E-state index contributed by atoms with van der Waals surface area (Å²) in [4.78, 5) is 11.3. The Balaban J connectivity index is 3.49. The van der Waals surface area contributed by atoms with Gasteiger partial charge in [0, 0.05) is 4.47 Å². The molecule has 0 aliphatic heterocycles. The molecule has 6 heteroatoms. The van der Waals surface area contributed by atoms with E-state index in [1.54, 1.807) is 0 Å². The predicted molar refractivity (Wildman–Crippen MR) is 59.6 cm³/mol. The normalized spacial score (nSPS) is 9.47. The van der Waals surface area contributed by atoms with E-state index in [0.29, 0.717) is 4.47 Å². The van der Waals surface area contributed by atoms with Gasteiger partial charge >= 0.3 is 5.97 Å². The molecule has 0 spiro atoms. The van der Waals surface area contributed by atoms with Crippen LogP contribution < -0.4 is 5.73 Å². The number of hydrogen-bond acceptors (Lipinski definition) is 4. The van der Waals surface area contributed by atoms with E-state index in [4.69, 9.17) is 22.6 Å². The van der Waals surface area contributed by atoms with E-state index in [2.05, 4.69) is 20.7 Å². The standard InChI is InChI=1S/C9H6BrClN2O2/c1-15-9(14)4-2-6(10)5(3-12)8(13)7(4)11/h2H,13H2,1H3. The van der Waals surface area contributed by atoms with Gasteiger partial charge in [-0.3, -0.25) is 0 Å². The van der Waals surface area contributed by atoms with Crippen LogP contribution in [0, 0.1) is 11.3 Å². The van der Waals surface area contributed by atoms with Crippen molar-refractivity contribution < 1.29 is 9.53 Å². The molecule has 1 rings (SSSR count). The van der Waals surface area contributed by atoms with Crippen LogP contribution >= 0.6 is 27.5 Å². The van der Waals surface area contributed by atoms with Crippen LogP contribution in [0.4, 0.5) is 5.69 Å². The third kappa shape index (κ3) is 2.06. The predicted octanol–water partition coefficient (Wildman–Crippen LogP) is 2.34. The van der Waals surface area contributed by atoms with Gasteiger partial charge in [-0.1, -0.05) is 11.6 Å². The van der Waals surface area contributed by atoms with Crippen LogP contribution in [0.3, 0.4) is 0 Å². The number of anilines is 1. The molecule has 0 heterocycles. The van der Waals surface area contributed by atoms with E-state index in [0.717, 1.165) is 0 Å². The Labute approximate surface area is 99.7 Å². The Morgan fingerprint density at radius 2 is 2.33 bits per heavy atom. The van der Waals surface area contributed by atoms with Crippen LogP contribution in [0.1, 0.15) is 15.9 Å². The average Bonchev–Trinajstić information content (AvgIpc) is 2.23. The Hall–Kier alpha value is -1.25. The number of nitrogens with zero attached hydrogens (tertiary/aromatic N) is 1. The van der Waals surface area contributed by atoms with Crippen LogP contribution in [-0.4, -0.2) is 13.1 Å². The molecule has 0 radical (unpaired) electrons. The monoisotopic (exact) mass is 288 g/mol. The number of methoxy groups -OCH3 is 1. The van der Waals surface area contributed by atoms with Gasteiger partial charge in [0.15, 0.2) is 0 Å². The lowest BCUT2D eigenvalue weighted by Gasteiger charge is -2.08. The van der Waals surface area contributed by atoms with E-state index in [1.165, 1.54) is 13.2 Å². The number of rotatable bonds is 1. The lowest BCUT2D eigenvalue weighted by Crippen LogP contribution is -2.05. The van der Waals surface area contributed by atoms with Crippen molar-refractivity contribution >= 4 is 39.2 Å². The van der Waals surface area contributed by atoms with Crippen molar-refractivity contribution in [3.05, 3.63) is 26.7 Å². The van der Waals surface area contributed by atoms with Crippen molar-refractivity contribution in [2.24, 2.45) is 0 Å². The molecule has 0 saturated carbocycles. The molecule has 1 aromatic rings. The first-order chi connectivity index (χ1) is 7.02. The fourth-order valence-electron chi connectivity index (χ4n) is 1.02. The first-order valence-electron chi connectivity index (χ1n) is 3.78. The number of ether oxygens (including phenoxy) is 1. The van der Waals surface area contributed by atoms with Gasteiger partial charge in [0.1, 0.15) is 6.07 Å². The molecule has 0 aromatic heterocycles. The lowest BCUT2D eigenvalue weighted by atomic mass is 10.1. The number of esters is 1. The highest BCUT2D eigenvalue weighted by Gasteiger charge is 2.18. The molecule has 0 saturated heterocycles. The zero-order valence-electron chi connectivity index (χ0n) is 7.67. The summed E-state index contributed by atoms with van der Waals surface area (Å²) in [5, 5.41) is 8.80. The minimum absolute atomic E-state index is 0.0293. The van der Waals surface area contributed by atoms with Gasteiger partial charge in [-0.15, -0.1) is 0 Å². The van der Waals surface area contributed by atoms with Crippen LogP contribution in [0.2, 0.25) is 5.02 Å². The van der Waals surface area contributed by atoms with Crippen LogP contribution in [0.25, 0.3) is 0 Å². The maximum Gasteiger partial charge on any atom is 0.339 e. The molecule has 0 bridgehead atoms. The van der Waals surface area contributed by atoms with Gasteiger partial charge in [-0.2, -0.15) is 5.26 Å². The summed E-state index contributed by atoms with van der Waals surface area (Å²) >= 11 is 8.95. The van der Waals surface area contributed by atoms with E-state index >= 15 is 0 Å². The number of carbonyl (C=O) groups is 1. The van der Waals surface area contributed by atoms with E-state index in [1.807, 2.05) is 6.07 Å². The second-order valence-electron chi connectivity index (χ2n) is 2.61. The third-order valence-electron chi connectivity index (χ3n) is 1.77. The number of nitrogens with two attached hydrogens (primary N) is 1. The fraction of sp³-hybridized carbons (Fsp3) is 0.111. The highest BCUT2D eigenvalue weighted by atomic mass is 79.9. The maximum atomic E-state index is 11.3. The molecular weight excluding hydrogens is 283 g/mol. The van der Waals surface area contributed by atoms with Gasteiger partial charge in [-0.25, -0.2) is 4.79 Å². The second-order valence-corrected chi connectivity index (χ2v) is 3.84. The van der Waals surface area contributed by atoms with Gasteiger partial charge in [0.25, 0.3) is 0 Å². The first kappa shape index (κ1) is 11.8. The lowest BCUT2D eigenvalue weighted by molar-refractivity contribution is 0.0601. The Morgan fingerprint density at radius 1 is 1.73 bits per heavy atom. The fourth-order valence-corrected chi connectivity index (χ4v) is 1.78. The summed E-state index contributed by atoms with van der Waals surface area (Å²) in [5.41, 5.74) is 5.99. The van der Waals surface area contributed by atoms with Crippen LogP contribution in [0.5, 0.6) is 0 Å². The molecule has 1 aromatic carbocycles. The topological polar surface area (TPSA) is 76.1 Å². The van der Waals surface area contributed by atoms with Crippen molar-refractivity contribution in [3.63, 3.8) is 0 Å². The largest absolute Gasteiger partial charge is 0.465 e. The van der Waals surface area contributed by atoms with Crippen LogP contribution in [0.15, 0.2) is 10.5 Å². The Kier molecular flexibility index (Phi) is 3.56. The van der Waals surface area contributed by atoms with E-state index in [-0.39, 0.29) is 21.8 Å². The summed E-state index contributed by atoms with van der Waals surface area (Å²) < 4.78 is 4.93. The molecule has 4 nitrogen and oxygen atoms in total. The van der Waals surface area contributed by atoms with Crippen molar-refractivity contribution in [1.82, 2.24) is 0 Å². The number of hydrogen-bond donors (Lipinski definition) is 1. The smallest absolute Gasteiger partial charge is 0.339 e. The third-order valence-corrected chi connectivity index (χ3v) is 2.80. The minimum Gasteiger partial charge on any atom is -0.465 e. The van der Waals surface area contributed by atoms with Crippen molar-refractivity contribution in [1.29, 1.82) is 5.26 Å². The maximum absolute atomic E-state index is 11.3. The van der Waals surface area contributed by atoms with Crippen LogP contribution in [-0.2, 0) is 4.74 Å². The Bertz CT molecular complexity index is 468. The number of carbonyl (C=O) groups excluding carboxylic acids is 1. The van der Waals surface area contributed by atoms with E-state index < -0.39 is 5.97 Å². The second kappa shape index (κ2) is 4.51. The SMILES string of the molecule is COC(=O)c1cc(Br)c(C#N)c(N)c1Cl. The van der Waals surface area contributed by atoms with Crippen molar-refractivity contribution in [3.8, 4) is 6.07 Å². The molecule has 78 valence electrons. The summed E-state index contributed by atoms with van der Waals surface area (Å²) in [6.45, 7) is 0. The van der Waals surface area contributed by atoms with Gasteiger partial charge in [0.2, 0.25) is 0 Å². The molecule has 0 atom stereocenters. The minimum atomic E-state index is -0.600. The highest BCUT2D eigenvalue weighted by Crippen LogP contribution is 2.32. The molecular formula is C9H6BrClN2O2. The summed E-state index contributed by atoms with van der Waals surface area (Å²) in [6, 6.07) is 3.29. The summed E-state index contributed by atoms with van der Waals surface area (Å²) in [7, 11) is 1.24. The molecule has 0 aliphatic rings. The zero-order valence-corrected chi connectivity index (χ0v) is 10.0. The van der Waals surface area contributed by atoms with Gasteiger partial charge < -0.3 is 10.5 Å². The highest BCUT2D eigenvalue weighted by molar-refractivity contribution is 9.10.